The van der Waals surface area contributed by atoms with Crippen LogP contribution in [0.4, 0.5) is 0 Å². The number of likely N-dealkylation sites (tertiary alicyclic amines) is 1. The van der Waals surface area contributed by atoms with Gasteiger partial charge in [0.15, 0.2) is 5.60 Å². The number of carbonyl (C=O) groups is 2. The SMILES string of the molecule is Cc1ccccc1CC(=O)N1CCC[C@](O)(C(N)=O)C1. The van der Waals surface area contributed by atoms with Crippen molar-refractivity contribution in [2.75, 3.05) is 13.1 Å². The summed E-state index contributed by atoms with van der Waals surface area (Å²) in [6.07, 6.45) is 1.18. The lowest BCUT2D eigenvalue weighted by Gasteiger charge is -2.37. The molecule has 5 heteroatoms. The molecule has 1 heterocycles. The monoisotopic (exact) mass is 276 g/mol. The molecule has 1 saturated heterocycles. The highest BCUT2D eigenvalue weighted by Gasteiger charge is 2.40. The van der Waals surface area contributed by atoms with Gasteiger partial charge in [-0.3, -0.25) is 9.59 Å². The number of carbonyl (C=O) groups excluding carboxylic acids is 2. The minimum Gasteiger partial charge on any atom is -0.378 e. The van der Waals surface area contributed by atoms with Gasteiger partial charge in [0.1, 0.15) is 0 Å². The molecule has 3 N–H and O–H groups in total. The average molecular weight is 276 g/mol. The summed E-state index contributed by atoms with van der Waals surface area (Å²) in [5.41, 5.74) is 5.65. The lowest BCUT2D eigenvalue weighted by molar-refractivity contribution is -0.148. The van der Waals surface area contributed by atoms with E-state index in [0.717, 1.165) is 11.1 Å². The number of nitrogens with zero attached hydrogens (tertiary/aromatic N) is 1. The van der Waals surface area contributed by atoms with Crippen LogP contribution in [0.3, 0.4) is 0 Å². The van der Waals surface area contributed by atoms with E-state index in [-0.39, 0.29) is 18.9 Å². The molecule has 1 aromatic carbocycles. The Labute approximate surface area is 118 Å². The third-order valence-electron chi connectivity index (χ3n) is 3.89. The fourth-order valence-electron chi connectivity index (χ4n) is 2.53. The molecule has 1 aliphatic rings. The molecule has 2 amide bonds. The number of benzene rings is 1. The van der Waals surface area contributed by atoms with E-state index < -0.39 is 11.5 Å². The van der Waals surface area contributed by atoms with Crippen LogP contribution >= 0.6 is 0 Å². The first kappa shape index (κ1) is 14.5. The van der Waals surface area contributed by atoms with Crippen LogP contribution in [0, 0.1) is 6.92 Å². The zero-order chi connectivity index (χ0) is 14.8. The molecule has 5 nitrogen and oxygen atoms in total. The normalized spacial score (nSPS) is 22.6. The maximum absolute atomic E-state index is 12.3. The van der Waals surface area contributed by atoms with Gasteiger partial charge in [0.2, 0.25) is 5.91 Å². The van der Waals surface area contributed by atoms with E-state index in [1.165, 1.54) is 4.90 Å². The van der Waals surface area contributed by atoms with Crippen molar-refractivity contribution in [1.29, 1.82) is 0 Å². The van der Waals surface area contributed by atoms with E-state index in [4.69, 9.17) is 5.73 Å². The Morgan fingerprint density at radius 2 is 2.10 bits per heavy atom. The fraction of sp³-hybridized carbons (Fsp3) is 0.467. The number of β-amino-alcohol motifs (C(OH)–C–C–N with tert-alkyl or cyclic N) is 1. The summed E-state index contributed by atoms with van der Waals surface area (Å²) in [5, 5.41) is 10.1. The van der Waals surface area contributed by atoms with Crippen molar-refractivity contribution in [2.45, 2.75) is 31.8 Å². The average Bonchev–Trinajstić information content (AvgIpc) is 2.41. The van der Waals surface area contributed by atoms with Gasteiger partial charge >= 0.3 is 0 Å². The molecular weight excluding hydrogens is 256 g/mol. The molecule has 1 aromatic rings. The van der Waals surface area contributed by atoms with Crippen molar-refractivity contribution in [2.24, 2.45) is 5.73 Å². The zero-order valence-electron chi connectivity index (χ0n) is 11.6. The molecule has 0 radical (unpaired) electrons. The predicted octanol–water partition coefficient (Wildman–Crippen LogP) is 0.376. The second kappa shape index (κ2) is 5.63. The van der Waals surface area contributed by atoms with Crippen LogP contribution in [0.25, 0.3) is 0 Å². The van der Waals surface area contributed by atoms with E-state index in [1.807, 2.05) is 31.2 Å². The summed E-state index contributed by atoms with van der Waals surface area (Å²) in [4.78, 5) is 25.1. The van der Waals surface area contributed by atoms with Crippen molar-refractivity contribution in [3.63, 3.8) is 0 Å². The number of piperidine rings is 1. The quantitative estimate of drug-likeness (QED) is 0.837. The fourth-order valence-corrected chi connectivity index (χ4v) is 2.53. The molecule has 2 rings (SSSR count). The number of hydrogen-bond donors (Lipinski definition) is 2. The molecule has 108 valence electrons. The van der Waals surface area contributed by atoms with Crippen LogP contribution in [-0.2, 0) is 16.0 Å². The van der Waals surface area contributed by atoms with Crippen molar-refractivity contribution in [1.82, 2.24) is 4.90 Å². The van der Waals surface area contributed by atoms with E-state index in [2.05, 4.69) is 0 Å². The first-order chi connectivity index (χ1) is 9.42. The Bertz CT molecular complexity index is 530. The maximum atomic E-state index is 12.3. The Kier molecular flexibility index (Phi) is 4.09. The lowest BCUT2D eigenvalue weighted by atomic mass is 9.91. The van der Waals surface area contributed by atoms with E-state index in [9.17, 15) is 14.7 Å². The molecule has 0 bridgehead atoms. The van der Waals surface area contributed by atoms with Crippen LogP contribution in [0.5, 0.6) is 0 Å². The van der Waals surface area contributed by atoms with E-state index in [0.29, 0.717) is 19.4 Å². The third kappa shape index (κ3) is 2.99. The van der Waals surface area contributed by atoms with Crippen molar-refractivity contribution >= 4 is 11.8 Å². The van der Waals surface area contributed by atoms with Gasteiger partial charge in [0, 0.05) is 6.54 Å². The van der Waals surface area contributed by atoms with E-state index >= 15 is 0 Å². The summed E-state index contributed by atoms with van der Waals surface area (Å²) in [7, 11) is 0. The van der Waals surface area contributed by atoms with Gasteiger partial charge in [0.05, 0.1) is 13.0 Å². The van der Waals surface area contributed by atoms with Gasteiger partial charge in [-0.25, -0.2) is 0 Å². The zero-order valence-corrected chi connectivity index (χ0v) is 11.6. The predicted molar refractivity (Wildman–Crippen MR) is 74.8 cm³/mol. The Morgan fingerprint density at radius 1 is 1.40 bits per heavy atom. The highest BCUT2D eigenvalue weighted by Crippen LogP contribution is 2.22. The van der Waals surface area contributed by atoms with Gasteiger partial charge in [-0.1, -0.05) is 24.3 Å². The van der Waals surface area contributed by atoms with Crippen molar-refractivity contribution in [3.8, 4) is 0 Å². The number of aryl methyl sites for hydroxylation is 1. The largest absolute Gasteiger partial charge is 0.378 e. The van der Waals surface area contributed by atoms with Crippen molar-refractivity contribution in [3.05, 3.63) is 35.4 Å². The van der Waals surface area contributed by atoms with Gasteiger partial charge in [-0.05, 0) is 30.9 Å². The van der Waals surface area contributed by atoms with Crippen LogP contribution < -0.4 is 5.73 Å². The van der Waals surface area contributed by atoms with Gasteiger partial charge in [-0.2, -0.15) is 0 Å². The third-order valence-corrected chi connectivity index (χ3v) is 3.89. The Hall–Kier alpha value is -1.88. The number of rotatable bonds is 3. The molecule has 0 saturated carbocycles. The minimum absolute atomic E-state index is 0.00690. The molecule has 0 unspecified atom stereocenters. The highest BCUT2D eigenvalue weighted by molar-refractivity contribution is 5.85. The lowest BCUT2D eigenvalue weighted by Crippen LogP contribution is -2.57. The first-order valence-electron chi connectivity index (χ1n) is 6.77. The standard InChI is InChI=1S/C15H20N2O3/c1-11-5-2-3-6-12(11)9-13(18)17-8-4-7-15(20,10-17)14(16)19/h2-3,5-6,20H,4,7-10H2,1H3,(H2,16,19)/t15-/m1/s1. The second-order valence-corrected chi connectivity index (χ2v) is 5.42. The van der Waals surface area contributed by atoms with Crippen LogP contribution in [0.15, 0.2) is 24.3 Å². The van der Waals surface area contributed by atoms with Crippen LogP contribution in [-0.4, -0.2) is 40.5 Å². The first-order valence-corrected chi connectivity index (χ1v) is 6.77. The number of aliphatic hydroxyl groups is 1. The van der Waals surface area contributed by atoms with Crippen LogP contribution in [0.2, 0.25) is 0 Å². The molecular formula is C15H20N2O3. The Morgan fingerprint density at radius 3 is 2.75 bits per heavy atom. The topological polar surface area (TPSA) is 83.6 Å². The smallest absolute Gasteiger partial charge is 0.251 e. The number of primary amides is 1. The minimum atomic E-state index is -1.58. The summed E-state index contributed by atoms with van der Waals surface area (Å²) < 4.78 is 0. The number of hydrogen-bond acceptors (Lipinski definition) is 3. The van der Waals surface area contributed by atoms with E-state index in [1.54, 1.807) is 0 Å². The molecule has 0 spiro atoms. The molecule has 1 atom stereocenters. The molecule has 20 heavy (non-hydrogen) atoms. The van der Waals surface area contributed by atoms with Gasteiger partial charge < -0.3 is 15.7 Å². The molecule has 1 fully saturated rings. The molecule has 1 aliphatic heterocycles. The Balaban J connectivity index is 2.06. The maximum Gasteiger partial charge on any atom is 0.251 e. The number of amides is 2. The van der Waals surface area contributed by atoms with Gasteiger partial charge in [0.25, 0.3) is 5.91 Å². The van der Waals surface area contributed by atoms with Crippen molar-refractivity contribution < 1.29 is 14.7 Å². The summed E-state index contributed by atoms with van der Waals surface area (Å²) >= 11 is 0. The summed E-state index contributed by atoms with van der Waals surface area (Å²) in [6.45, 7) is 2.51. The van der Waals surface area contributed by atoms with Crippen LogP contribution in [0.1, 0.15) is 24.0 Å². The second-order valence-electron chi connectivity index (χ2n) is 5.42. The molecule has 0 aliphatic carbocycles. The molecule has 0 aromatic heterocycles. The highest BCUT2D eigenvalue weighted by atomic mass is 16.3. The van der Waals surface area contributed by atoms with Gasteiger partial charge in [-0.15, -0.1) is 0 Å². The number of nitrogens with two attached hydrogens (primary N) is 1. The summed E-state index contributed by atoms with van der Waals surface area (Å²) in [6, 6.07) is 7.69. The summed E-state index contributed by atoms with van der Waals surface area (Å²) in [5.74, 6) is -0.843.